The van der Waals surface area contributed by atoms with Gasteiger partial charge in [-0.15, -0.1) is 0 Å². The maximum absolute atomic E-state index is 12.8. The van der Waals surface area contributed by atoms with E-state index in [0.29, 0.717) is 23.9 Å². The monoisotopic (exact) mass is 393 g/mol. The van der Waals surface area contributed by atoms with E-state index in [0.717, 1.165) is 35.8 Å². The van der Waals surface area contributed by atoms with E-state index in [9.17, 15) is 4.79 Å². The molecule has 1 amide bonds. The molecule has 0 aliphatic heterocycles. The number of rotatable bonds is 8. The highest BCUT2D eigenvalue weighted by atomic mass is 16.3. The molecule has 2 aromatic heterocycles. The summed E-state index contributed by atoms with van der Waals surface area (Å²) in [6.45, 7) is 10.4. The zero-order valence-corrected chi connectivity index (χ0v) is 17.3. The van der Waals surface area contributed by atoms with E-state index in [-0.39, 0.29) is 5.91 Å². The number of nitrogens with one attached hydrogen (secondary N) is 2. The lowest BCUT2D eigenvalue weighted by atomic mass is 10.1. The summed E-state index contributed by atoms with van der Waals surface area (Å²) in [5.74, 6) is 0.889. The summed E-state index contributed by atoms with van der Waals surface area (Å²) in [7, 11) is 0. The Hall–Kier alpha value is -3.35. The minimum absolute atomic E-state index is 0.268. The zero-order chi connectivity index (χ0) is 20.8. The molecular weight excluding hydrogens is 366 g/mol. The fourth-order valence-electron chi connectivity index (χ4n) is 3.10. The molecule has 7 nitrogen and oxygen atoms in total. The molecule has 152 valence electrons. The Balaban J connectivity index is 1.73. The highest BCUT2D eigenvalue weighted by molar-refractivity contribution is 6.03. The second-order valence-corrected chi connectivity index (χ2v) is 6.78. The maximum Gasteiger partial charge on any atom is 0.274 e. The van der Waals surface area contributed by atoms with Crippen molar-refractivity contribution < 1.29 is 9.21 Å². The van der Waals surface area contributed by atoms with Gasteiger partial charge in [0.2, 0.25) is 5.95 Å². The standard InChI is InChI=1S/C22H27N5O2/c1-5-27(6-2)17-9-10-19(15(3)12-17)25-21(28)20-13-16(4)24-22(26-20)23-14-18-8-7-11-29-18/h7-13H,5-6,14H2,1-4H3,(H,25,28)(H,23,24,26). The average Bonchev–Trinajstić information content (AvgIpc) is 3.22. The van der Waals surface area contributed by atoms with Crippen molar-refractivity contribution in [1.82, 2.24) is 9.97 Å². The number of carbonyl (C=O) groups excluding carboxylic acids is 1. The number of carbonyl (C=O) groups is 1. The highest BCUT2D eigenvalue weighted by Crippen LogP contribution is 2.23. The van der Waals surface area contributed by atoms with Crippen molar-refractivity contribution in [2.24, 2.45) is 0 Å². The van der Waals surface area contributed by atoms with Gasteiger partial charge in [-0.1, -0.05) is 0 Å². The number of aryl methyl sites for hydroxylation is 2. The third kappa shape index (κ3) is 5.13. The van der Waals surface area contributed by atoms with Crippen molar-refractivity contribution >= 4 is 23.2 Å². The SMILES string of the molecule is CCN(CC)c1ccc(NC(=O)c2cc(C)nc(NCc3ccco3)n2)c(C)c1. The van der Waals surface area contributed by atoms with Crippen molar-refractivity contribution in [3.05, 3.63) is 65.4 Å². The molecule has 2 heterocycles. The van der Waals surface area contributed by atoms with Gasteiger partial charge >= 0.3 is 0 Å². The smallest absolute Gasteiger partial charge is 0.274 e. The summed E-state index contributed by atoms with van der Waals surface area (Å²) < 4.78 is 5.30. The second kappa shape index (κ2) is 9.23. The average molecular weight is 393 g/mol. The van der Waals surface area contributed by atoms with Crippen LogP contribution in [0.25, 0.3) is 0 Å². The van der Waals surface area contributed by atoms with Crippen LogP contribution in [0.15, 0.2) is 47.1 Å². The van der Waals surface area contributed by atoms with E-state index in [1.54, 1.807) is 12.3 Å². The number of anilines is 3. The molecule has 3 rings (SSSR count). The first-order valence-electron chi connectivity index (χ1n) is 9.79. The minimum atomic E-state index is -0.268. The third-order valence-electron chi connectivity index (χ3n) is 4.67. The van der Waals surface area contributed by atoms with Crippen molar-refractivity contribution in [1.29, 1.82) is 0 Å². The number of benzene rings is 1. The van der Waals surface area contributed by atoms with E-state index in [1.165, 1.54) is 0 Å². The van der Waals surface area contributed by atoms with E-state index >= 15 is 0 Å². The Morgan fingerprint density at radius 1 is 1.10 bits per heavy atom. The van der Waals surface area contributed by atoms with Crippen LogP contribution in [0.3, 0.4) is 0 Å². The molecule has 0 aliphatic rings. The number of hydrogen-bond acceptors (Lipinski definition) is 6. The summed E-state index contributed by atoms with van der Waals surface area (Å²) in [6, 6.07) is 11.4. The number of nitrogens with zero attached hydrogens (tertiary/aromatic N) is 3. The molecule has 2 N–H and O–H groups in total. The first-order chi connectivity index (χ1) is 14.0. The quantitative estimate of drug-likeness (QED) is 0.590. The lowest BCUT2D eigenvalue weighted by Crippen LogP contribution is -2.22. The van der Waals surface area contributed by atoms with Crippen LogP contribution in [-0.4, -0.2) is 29.0 Å². The van der Waals surface area contributed by atoms with Crippen molar-refractivity contribution in [2.75, 3.05) is 28.6 Å². The molecule has 0 spiro atoms. The van der Waals surface area contributed by atoms with E-state index in [2.05, 4.69) is 45.4 Å². The summed E-state index contributed by atoms with van der Waals surface area (Å²) >= 11 is 0. The van der Waals surface area contributed by atoms with Crippen LogP contribution in [0.4, 0.5) is 17.3 Å². The number of hydrogen-bond donors (Lipinski definition) is 2. The molecule has 0 radical (unpaired) electrons. The molecule has 3 aromatic rings. The lowest BCUT2D eigenvalue weighted by Gasteiger charge is -2.22. The summed E-state index contributed by atoms with van der Waals surface area (Å²) in [4.78, 5) is 23.7. The Labute approximate surface area is 171 Å². The maximum atomic E-state index is 12.8. The first kappa shape index (κ1) is 20.4. The van der Waals surface area contributed by atoms with Crippen LogP contribution >= 0.6 is 0 Å². The molecule has 0 saturated heterocycles. The highest BCUT2D eigenvalue weighted by Gasteiger charge is 2.13. The Kier molecular flexibility index (Phi) is 6.49. The molecule has 7 heteroatoms. The molecule has 0 bridgehead atoms. The molecule has 0 aliphatic carbocycles. The number of furan rings is 1. The van der Waals surface area contributed by atoms with E-state index in [1.807, 2.05) is 38.1 Å². The topological polar surface area (TPSA) is 83.3 Å². The van der Waals surface area contributed by atoms with Crippen molar-refractivity contribution in [2.45, 2.75) is 34.2 Å². The fourth-order valence-corrected chi connectivity index (χ4v) is 3.10. The fraction of sp³-hybridized carbons (Fsp3) is 0.318. The molecule has 0 unspecified atom stereocenters. The summed E-state index contributed by atoms with van der Waals surface area (Å²) in [6.07, 6.45) is 1.61. The van der Waals surface area contributed by atoms with Crippen LogP contribution in [0.2, 0.25) is 0 Å². The predicted molar refractivity (Wildman–Crippen MR) is 115 cm³/mol. The van der Waals surface area contributed by atoms with Gasteiger partial charge in [0.15, 0.2) is 0 Å². The Morgan fingerprint density at radius 3 is 2.55 bits per heavy atom. The molecule has 0 fully saturated rings. The number of aromatic nitrogens is 2. The molecule has 1 aromatic carbocycles. The van der Waals surface area contributed by atoms with Gasteiger partial charge in [-0.05, 0) is 69.7 Å². The van der Waals surface area contributed by atoms with Crippen molar-refractivity contribution in [3.63, 3.8) is 0 Å². The van der Waals surface area contributed by atoms with Crippen molar-refractivity contribution in [3.8, 4) is 0 Å². The number of amides is 1. The molecule has 29 heavy (non-hydrogen) atoms. The third-order valence-corrected chi connectivity index (χ3v) is 4.67. The van der Waals surface area contributed by atoms with Gasteiger partial charge in [0.25, 0.3) is 5.91 Å². The molecule has 0 saturated carbocycles. The van der Waals surface area contributed by atoms with Gasteiger partial charge in [-0.25, -0.2) is 9.97 Å². The van der Waals surface area contributed by atoms with Gasteiger partial charge in [0, 0.05) is 30.2 Å². The van der Waals surface area contributed by atoms with Crippen LogP contribution < -0.4 is 15.5 Å². The first-order valence-corrected chi connectivity index (χ1v) is 9.79. The zero-order valence-electron chi connectivity index (χ0n) is 17.3. The van der Waals surface area contributed by atoms with E-state index in [4.69, 9.17) is 4.42 Å². The van der Waals surface area contributed by atoms with Gasteiger partial charge in [0.1, 0.15) is 11.5 Å². The summed E-state index contributed by atoms with van der Waals surface area (Å²) in [5.41, 5.74) is 3.94. The van der Waals surface area contributed by atoms with Crippen LogP contribution in [0, 0.1) is 13.8 Å². The summed E-state index contributed by atoms with van der Waals surface area (Å²) in [5, 5.41) is 6.05. The second-order valence-electron chi connectivity index (χ2n) is 6.78. The van der Waals surface area contributed by atoms with E-state index < -0.39 is 0 Å². The molecular formula is C22H27N5O2. The van der Waals surface area contributed by atoms with Gasteiger partial charge in [-0.3, -0.25) is 4.79 Å². The molecule has 0 atom stereocenters. The van der Waals surface area contributed by atoms with Gasteiger partial charge < -0.3 is 20.0 Å². The normalized spacial score (nSPS) is 10.6. The van der Waals surface area contributed by atoms with Crippen LogP contribution in [0.5, 0.6) is 0 Å². The lowest BCUT2D eigenvalue weighted by molar-refractivity contribution is 0.102. The van der Waals surface area contributed by atoms with Gasteiger partial charge in [-0.2, -0.15) is 0 Å². The largest absolute Gasteiger partial charge is 0.467 e. The minimum Gasteiger partial charge on any atom is -0.467 e. The Morgan fingerprint density at radius 2 is 1.90 bits per heavy atom. The Bertz CT molecular complexity index is 965. The van der Waals surface area contributed by atoms with Crippen LogP contribution in [0.1, 0.15) is 41.4 Å². The predicted octanol–water partition coefficient (Wildman–Crippen LogP) is 4.40. The van der Waals surface area contributed by atoms with Crippen LogP contribution in [-0.2, 0) is 6.54 Å². The van der Waals surface area contributed by atoms with Gasteiger partial charge in [0.05, 0.1) is 12.8 Å².